The molecule has 0 aliphatic carbocycles. The summed E-state index contributed by atoms with van der Waals surface area (Å²) in [5.41, 5.74) is 1.39. The molecule has 3 N–H and O–H groups in total. The highest BCUT2D eigenvalue weighted by Crippen LogP contribution is 2.33. The molecule has 2 aromatic carbocycles. The number of nitrogens with one attached hydrogen (secondary N) is 1. The van der Waals surface area contributed by atoms with Gasteiger partial charge in [0.1, 0.15) is 17.4 Å². The highest BCUT2D eigenvalue weighted by Gasteiger charge is 2.30. The molecule has 1 aromatic heterocycles. The third-order valence-electron chi connectivity index (χ3n) is 5.18. The first-order valence-corrected chi connectivity index (χ1v) is 11.2. The molecule has 0 bridgehead atoms. The summed E-state index contributed by atoms with van der Waals surface area (Å²) in [4.78, 5) is 16.4. The van der Waals surface area contributed by atoms with Gasteiger partial charge >= 0.3 is 12.1 Å². The normalized spacial score (nSPS) is 12.4. The van der Waals surface area contributed by atoms with Crippen molar-refractivity contribution in [2.45, 2.75) is 38.5 Å². The highest BCUT2D eigenvalue weighted by molar-refractivity contribution is 7.15. The second-order valence-electron chi connectivity index (χ2n) is 7.61. The summed E-state index contributed by atoms with van der Waals surface area (Å²) < 4.78 is 44.1. The number of aliphatic hydroxyl groups is 1. The van der Waals surface area contributed by atoms with Crippen molar-refractivity contribution >= 4 is 23.0 Å². The van der Waals surface area contributed by atoms with E-state index in [1.807, 2.05) is 0 Å². The Balaban J connectivity index is 1.68. The molecule has 0 saturated heterocycles. The van der Waals surface area contributed by atoms with Gasteiger partial charge in [0.2, 0.25) is 0 Å². The number of carboxylic acid groups (broad SMARTS) is 1. The Bertz CT molecular complexity index is 1140. The van der Waals surface area contributed by atoms with E-state index in [9.17, 15) is 18.0 Å². The molecule has 0 fully saturated rings. The maximum absolute atomic E-state index is 12.8. The van der Waals surface area contributed by atoms with E-state index < -0.39 is 23.6 Å². The van der Waals surface area contributed by atoms with Crippen LogP contribution in [0.3, 0.4) is 0 Å². The third-order valence-corrected chi connectivity index (χ3v) is 6.36. The number of aliphatic carboxylic acids is 1. The minimum Gasteiger partial charge on any atom is -0.488 e. The van der Waals surface area contributed by atoms with Crippen LogP contribution in [0.2, 0.25) is 0 Å². The van der Waals surface area contributed by atoms with Gasteiger partial charge in [0, 0.05) is 30.2 Å². The molecule has 0 aliphatic heterocycles. The summed E-state index contributed by atoms with van der Waals surface area (Å²) >= 11 is 1.34. The van der Waals surface area contributed by atoms with Crippen LogP contribution in [-0.2, 0) is 17.6 Å². The van der Waals surface area contributed by atoms with Crippen LogP contribution in [0.4, 0.5) is 13.2 Å². The lowest BCUT2D eigenvalue weighted by Gasteiger charge is -2.17. The number of rotatable bonds is 10. The number of halogens is 3. The van der Waals surface area contributed by atoms with Crippen LogP contribution in [0.1, 0.15) is 40.5 Å². The molecule has 1 atom stereocenters. The number of nitrogens with zero attached hydrogens (tertiary/aromatic N) is 1. The molecule has 10 heteroatoms. The molecule has 3 rings (SSSR count). The monoisotopic (exact) mass is 492 g/mol. The molecule has 0 amide bonds. The van der Waals surface area contributed by atoms with Crippen molar-refractivity contribution in [2.75, 3.05) is 6.61 Å². The van der Waals surface area contributed by atoms with Gasteiger partial charge in [0.25, 0.3) is 0 Å². The number of hydrogen-bond donors (Lipinski definition) is 3. The second kappa shape index (κ2) is 10.8. The van der Waals surface area contributed by atoms with Crippen LogP contribution in [0.15, 0.2) is 48.5 Å². The van der Waals surface area contributed by atoms with Gasteiger partial charge < -0.3 is 20.4 Å². The van der Waals surface area contributed by atoms with Crippen molar-refractivity contribution in [2.24, 2.45) is 0 Å². The topological polar surface area (TPSA) is 104 Å². The van der Waals surface area contributed by atoms with Crippen LogP contribution < -0.4 is 4.74 Å². The predicted octanol–water partition coefficient (Wildman–Crippen LogP) is 5.68. The Morgan fingerprint density at radius 3 is 2.35 bits per heavy atom. The summed E-state index contributed by atoms with van der Waals surface area (Å²) in [6.45, 7) is 1.79. The minimum absolute atomic E-state index is 0.0993. The minimum atomic E-state index is -4.39. The largest absolute Gasteiger partial charge is 0.488 e. The molecule has 0 spiro atoms. The van der Waals surface area contributed by atoms with E-state index in [4.69, 9.17) is 20.4 Å². The molecule has 0 radical (unpaired) electrons. The highest BCUT2D eigenvalue weighted by atomic mass is 32.1. The molecule has 1 heterocycles. The number of aromatic nitrogens is 1. The first-order valence-electron chi connectivity index (χ1n) is 10.3. The molecule has 3 aromatic rings. The van der Waals surface area contributed by atoms with Gasteiger partial charge in [0.05, 0.1) is 22.6 Å². The average Bonchev–Trinajstić information content (AvgIpc) is 3.16. The van der Waals surface area contributed by atoms with Gasteiger partial charge in [-0.1, -0.05) is 24.3 Å². The average molecular weight is 493 g/mol. The zero-order valence-electron chi connectivity index (χ0n) is 18.2. The lowest BCUT2D eigenvalue weighted by atomic mass is 9.89. The summed E-state index contributed by atoms with van der Waals surface area (Å²) in [5.74, 6) is -1.12. The lowest BCUT2D eigenvalue weighted by molar-refractivity contribution is -0.138. The summed E-state index contributed by atoms with van der Waals surface area (Å²) in [7, 11) is 0. The number of carbonyl (C=O) groups is 1. The molecule has 180 valence electrons. The summed E-state index contributed by atoms with van der Waals surface area (Å²) in [6, 6.07) is 11.6. The van der Waals surface area contributed by atoms with Gasteiger partial charge in [0.15, 0.2) is 0 Å². The Kier molecular flexibility index (Phi) is 8.06. The Morgan fingerprint density at radius 2 is 1.79 bits per heavy atom. The van der Waals surface area contributed by atoms with Crippen LogP contribution in [0.25, 0.3) is 10.6 Å². The third kappa shape index (κ3) is 6.42. The fourth-order valence-corrected chi connectivity index (χ4v) is 4.33. The number of carboxylic acids is 1. The van der Waals surface area contributed by atoms with Gasteiger partial charge in [-0.25, -0.2) is 4.98 Å². The maximum atomic E-state index is 12.8. The van der Waals surface area contributed by atoms with E-state index in [1.165, 1.54) is 23.5 Å². The van der Waals surface area contributed by atoms with Crippen LogP contribution in [0.5, 0.6) is 5.75 Å². The van der Waals surface area contributed by atoms with E-state index in [0.717, 1.165) is 22.7 Å². The molecule has 34 heavy (non-hydrogen) atoms. The van der Waals surface area contributed by atoms with E-state index in [1.54, 1.807) is 31.2 Å². The SMILES string of the molecule is Cc1nc(-c2ccc(C(F)(F)F)cc2)sc1COc1ccc(C(CC(=O)O)C(=N)CCO)cc1. The first kappa shape index (κ1) is 25.4. The molecule has 1 unspecified atom stereocenters. The standard InChI is InChI=1S/C24H23F3N2O4S/c1-14-21(34-23(29-14)16-2-6-17(7-3-16)24(25,26)27)13-33-18-8-4-15(5-9-18)19(12-22(31)32)20(28)10-11-30/h2-9,19,28,30H,10-13H2,1H3,(H,31,32). The van der Waals surface area contributed by atoms with Gasteiger partial charge in [-0.05, 0) is 36.8 Å². The summed E-state index contributed by atoms with van der Waals surface area (Å²) in [6.07, 6.45) is -4.54. The number of benzene rings is 2. The van der Waals surface area contributed by atoms with Crippen LogP contribution in [-0.4, -0.2) is 33.5 Å². The van der Waals surface area contributed by atoms with Gasteiger partial charge in [-0.15, -0.1) is 11.3 Å². The molecule has 0 aliphatic rings. The zero-order valence-corrected chi connectivity index (χ0v) is 19.0. The number of alkyl halides is 3. The fraction of sp³-hybridized carbons (Fsp3) is 0.292. The number of ether oxygens (including phenoxy) is 1. The quantitative estimate of drug-likeness (QED) is 0.316. The van der Waals surface area contributed by atoms with Crippen molar-refractivity contribution in [1.29, 1.82) is 5.41 Å². The second-order valence-corrected chi connectivity index (χ2v) is 8.69. The van der Waals surface area contributed by atoms with Crippen molar-refractivity contribution in [3.63, 3.8) is 0 Å². The Morgan fingerprint density at radius 1 is 1.15 bits per heavy atom. The maximum Gasteiger partial charge on any atom is 0.416 e. The first-order chi connectivity index (χ1) is 16.1. The molecular formula is C24H23F3N2O4S. The smallest absolute Gasteiger partial charge is 0.416 e. The number of aryl methyl sites for hydroxylation is 1. The van der Waals surface area contributed by atoms with E-state index in [2.05, 4.69) is 4.98 Å². The zero-order chi connectivity index (χ0) is 24.9. The van der Waals surface area contributed by atoms with Crippen LogP contribution >= 0.6 is 11.3 Å². The van der Waals surface area contributed by atoms with Crippen molar-refractivity contribution < 1.29 is 32.9 Å². The fourth-order valence-electron chi connectivity index (χ4n) is 3.34. The van der Waals surface area contributed by atoms with Crippen molar-refractivity contribution in [3.05, 3.63) is 70.2 Å². The van der Waals surface area contributed by atoms with E-state index in [-0.39, 0.29) is 31.8 Å². The van der Waals surface area contributed by atoms with E-state index >= 15 is 0 Å². The predicted molar refractivity (Wildman–Crippen MR) is 122 cm³/mol. The summed E-state index contributed by atoms with van der Waals surface area (Å²) in [5, 5.41) is 26.9. The number of aliphatic hydroxyl groups excluding tert-OH is 1. The molecule has 0 saturated carbocycles. The van der Waals surface area contributed by atoms with Gasteiger partial charge in [-0.3, -0.25) is 4.79 Å². The Labute approximate surface area is 198 Å². The number of hydrogen-bond acceptors (Lipinski definition) is 6. The molecular weight excluding hydrogens is 469 g/mol. The van der Waals surface area contributed by atoms with E-state index in [0.29, 0.717) is 21.9 Å². The molecule has 6 nitrogen and oxygen atoms in total. The van der Waals surface area contributed by atoms with Crippen LogP contribution in [0, 0.1) is 12.3 Å². The number of thiazole rings is 1. The van der Waals surface area contributed by atoms with Crippen molar-refractivity contribution in [3.8, 4) is 16.3 Å². The van der Waals surface area contributed by atoms with Gasteiger partial charge in [-0.2, -0.15) is 13.2 Å². The lowest BCUT2D eigenvalue weighted by Crippen LogP contribution is -2.17. The van der Waals surface area contributed by atoms with Crippen molar-refractivity contribution in [1.82, 2.24) is 4.98 Å². The Hall–Kier alpha value is -3.24.